The predicted molar refractivity (Wildman–Crippen MR) is 69.5 cm³/mol. The van der Waals surface area contributed by atoms with E-state index in [0.717, 1.165) is 11.3 Å². The molecule has 1 aromatic rings. The molecule has 2 heterocycles. The van der Waals surface area contributed by atoms with Crippen LogP contribution in [0, 0.1) is 0 Å². The summed E-state index contributed by atoms with van der Waals surface area (Å²) in [6, 6.07) is 0. The molecule has 112 valence electrons. The number of nitrogens with zero attached hydrogens (tertiary/aromatic N) is 1. The van der Waals surface area contributed by atoms with E-state index < -0.39 is 37.3 Å². The first kappa shape index (κ1) is 15.3. The van der Waals surface area contributed by atoms with Crippen molar-refractivity contribution in [3.63, 3.8) is 0 Å². The number of nitrogens with one attached hydrogen (secondary N) is 1. The van der Waals surface area contributed by atoms with Crippen molar-refractivity contribution in [2.75, 3.05) is 11.9 Å². The first-order valence-electron chi connectivity index (χ1n) is 5.98. The van der Waals surface area contributed by atoms with Crippen LogP contribution in [0.4, 0.5) is 5.13 Å². The van der Waals surface area contributed by atoms with E-state index in [1.807, 2.05) is 0 Å². The number of aliphatic hydroxyl groups is 4. The maximum Gasteiger partial charge on any atom is 0.185 e. The van der Waals surface area contributed by atoms with Gasteiger partial charge in [0, 0.05) is 6.92 Å². The van der Waals surface area contributed by atoms with Gasteiger partial charge in [-0.25, -0.2) is 4.98 Å². The molecule has 0 spiro atoms. The molecule has 1 aliphatic rings. The summed E-state index contributed by atoms with van der Waals surface area (Å²) in [4.78, 5) is 15.6. The monoisotopic (exact) mass is 304 g/mol. The van der Waals surface area contributed by atoms with Gasteiger partial charge < -0.3 is 30.5 Å². The summed E-state index contributed by atoms with van der Waals surface area (Å²) in [6.45, 7) is 0.908. The van der Waals surface area contributed by atoms with Crippen molar-refractivity contribution in [1.29, 1.82) is 0 Å². The van der Waals surface area contributed by atoms with Crippen molar-refractivity contribution < 1.29 is 30.0 Å². The second kappa shape index (κ2) is 6.12. The summed E-state index contributed by atoms with van der Waals surface area (Å²) < 4.78 is 5.26. The Morgan fingerprint density at radius 2 is 2.10 bits per heavy atom. The molecule has 20 heavy (non-hydrogen) atoms. The molecule has 1 aliphatic heterocycles. The molecule has 2 rings (SSSR count). The molecule has 8 nitrogen and oxygen atoms in total. The molecule has 9 heteroatoms. The van der Waals surface area contributed by atoms with Gasteiger partial charge in [-0.2, -0.15) is 0 Å². The van der Waals surface area contributed by atoms with Gasteiger partial charge in [-0.05, 0) is 0 Å². The molecule has 0 radical (unpaired) electrons. The number of thiazole rings is 1. The van der Waals surface area contributed by atoms with Gasteiger partial charge in [-0.1, -0.05) is 11.3 Å². The van der Waals surface area contributed by atoms with E-state index in [1.54, 1.807) is 0 Å². The highest BCUT2D eigenvalue weighted by Crippen LogP contribution is 2.25. The Bertz CT molecular complexity index is 479. The maximum absolute atomic E-state index is 11.2. The minimum absolute atomic E-state index is 0.135. The number of Topliss-reactive ketones (excluding diaryl/α,β-unsaturated/α-hetero) is 1. The average molecular weight is 304 g/mol. The fourth-order valence-corrected chi connectivity index (χ4v) is 2.58. The van der Waals surface area contributed by atoms with Crippen LogP contribution >= 0.6 is 11.3 Å². The van der Waals surface area contributed by atoms with E-state index in [9.17, 15) is 20.1 Å². The fraction of sp³-hybridized carbons (Fsp3) is 0.636. The van der Waals surface area contributed by atoms with Crippen molar-refractivity contribution in [2.24, 2.45) is 0 Å². The molecule has 0 unspecified atom stereocenters. The molecule has 5 atom stereocenters. The van der Waals surface area contributed by atoms with E-state index in [4.69, 9.17) is 9.84 Å². The van der Waals surface area contributed by atoms with E-state index in [0.29, 0.717) is 10.0 Å². The quantitative estimate of drug-likeness (QED) is 0.427. The molecule has 5 N–H and O–H groups in total. The van der Waals surface area contributed by atoms with Crippen LogP contribution in [-0.4, -0.2) is 68.4 Å². The third-order valence-electron chi connectivity index (χ3n) is 3.01. The number of carbonyl (C=O) groups is 1. The molecular weight excluding hydrogens is 288 g/mol. The molecule has 0 aliphatic carbocycles. The van der Waals surface area contributed by atoms with E-state index in [-0.39, 0.29) is 5.78 Å². The number of hydrogen-bond acceptors (Lipinski definition) is 9. The summed E-state index contributed by atoms with van der Waals surface area (Å²) in [5, 5.41) is 41.2. The number of rotatable bonds is 4. The van der Waals surface area contributed by atoms with Gasteiger partial charge in [0.25, 0.3) is 0 Å². The van der Waals surface area contributed by atoms with E-state index in [1.165, 1.54) is 13.1 Å². The standard InChI is InChI=1S/C11H16N2O6S/c1-4(15)6-2-12-11(20-6)13-10-9(18)8(17)7(16)5(3-14)19-10/h2,5,7-10,14,16-18H,3H2,1H3,(H,12,13)/t5-,7-,8+,9+,10+/m1/s1. The van der Waals surface area contributed by atoms with Crippen LogP contribution in [0.3, 0.4) is 0 Å². The molecule has 0 amide bonds. The van der Waals surface area contributed by atoms with Gasteiger partial charge in [0.2, 0.25) is 0 Å². The normalized spacial score (nSPS) is 34.0. The largest absolute Gasteiger partial charge is 0.394 e. The number of hydrogen-bond donors (Lipinski definition) is 5. The van der Waals surface area contributed by atoms with Gasteiger partial charge in [-0.15, -0.1) is 0 Å². The van der Waals surface area contributed by atoms with Gasteiger partial charge in [0.15, 0.2) is 17.1 Å². The lowest BCUT2D eigenvalue weighted by molar-refractivity contribution is -0.221. The number of carbonyl (C=O) groups excluding carboxylic acids is 1. The van der Waals surface area contributed by atoms with E-state index >= 15 is 0 Å². The number of ketones is 1. The Morgan fingerprint density at radius 1 is 1.40 bits per heavy atom. The van der Waals surface area contributed by atoms with Crippen molar-refractivity contribution in [2.45, 2.75) is 37.6 Å². The Morgan fingerprint density at radius 3 is 2.65 bits per heavy atom. The van der Waals surface area contributed by atoms with Crippen LogP contribution in [0.2, 0.25) is 0 Å². The summed E-state index contributed by atoms with van der Waals surface area (Å²) in [6.07, 6.45) is -4.89. The molecule has 0 saturated carbocycles. The summed E-state index contributed by atoms with van der Waals surface area (Å²) in [5.41, 5.74) is 0. The highest BCUT2D eigenvalue weighted by atomic mass is 32.1. The van der Waals surface area contributed by atoms with Crippen LogP contribution in [0.25, 0.3) is 0 Å². The van der Waals surface area contributed by atoms with Crippen molar-refractivity contribution in [3.05, 3.63) is 11.1 Å². The Balaban J connectivity index is 2.08. The predicted octanol–water partition coefficient (Wildman–Crippen LogP) is -1.44. The van der Waals surface area contributed by atoms with E-state index in [2.05, 4.69) is 10.3 Å². The minimum Gasteiger partial charge on any atom is -0.394 e. The van der Waals surface area contributed by atoms with Crippen molar-refractivity contribution in [1.82, 2.24) is 4.98 Å². The molecule has 0 aromatic carbocycles. The topological polar surface area (TPSA) is 132 Å². The zero-order chi connectivity index (χ0) is 14.9. The zero-order valence-corrected chi connectivity index (χ0v) is 11.4. The second-order valence-corrected chi connectivity index (χ2v) is 5.51. The van der Waals surface area contributed by atoms with Gasteiger partial charge in [0.05, 0.1) is 17.7 Å². The molecule has 0 bridgehead atoms. The summed E-state index contributed by atoms with van der Waals surface area (Å²) >= 11 is 1.08. The van der Waals surface area contributed by atoms with Crippen molar-refractivity contribution in [3.8, 4) is 0 Å². The Kier molecular flexibility index (Phi) is 4.68. The van der Waals surface area contributed by atoms with Crippen LogP contribution in [0.15, 0.2) is 6.20 Å². The van der Waals surface area contributed by atoms with Gasteiger partial charge in [0.1, 0.15) is 24.4 Å². The Hall–Kier alpha value is -1.10. The lowest BCUT2D eigenvalue weighted by atomic mass is 9.98. The number of aliphatic hydroxyl groups excluding tert-OH is 4. The lowest BCUT2D eigenvalue weighted by Crippen LogP contribution is -2.60. The molecular formula is C11H16N2O6S. The first-order valence-corrected chi connectivity index (χ1v) is 6.79. The minimum atomic E-state index is -1.45. The third-order valence-corrected chi connectivity index (χ3v) is 4.04. The fourth-order valence-electron chi connectivity index (χ4n) is 1.85. The average Bonchev–Trinajstić information content (AvgIpc) is 2.88. The highest BCUT2D eigenvalue weighted by molar-refractivity contribution is 7.17. The highest BCUT2D eigenvalue weighted by Gasteiger charge is 2.43. The second-order valence-electron chi connectivity index (χ2n) is 4.48. The molecule has 1 fully saturated rings. The number of anilines is 1. The first-order chi connectivity index (χ1) is 9.43. The van der Waals surface area contributed by atoms with Crippen molar-refractivity contribution >= 4 is 22.3 Å². The smallest absolute Gasteiger partial charge is 0.185 e. The number of aromatic nitrogens is 1. The molecule has 1 aromatic heterocycles. The van der Waals surface area contributed by atoms with Gasteiger partial charge in [-0.3, -0.25) is 4.79 Å². The maximum atomic E-state index is 11.2. The number of ether oxygens (including phenoxy) is 1. The van der Waals surface area contributed by atoms with Gasteiger partial charge >= 0.3 is 0 Å². The summed E-state index contributed by atoms with van der Waals surface area (Å²) in [5.74, 6) is -0.135. The molecule has 1 saturated heterocycles. The zero-order valence-electron chi connectivity index (χ0n) is 10.6. The van der Waals surface area contributed by atoms with Crippen LogP contribution in [-0.2, 0) is 4.74 Å². The van der Waals surface area contributed by atoms with Crippen LogP contribution in [0.1, 0.15) is 16.6 Å². The van der Waals surface area contributed by atoms with Crippen LogP contribution < -0.4 is 5.32 Å². The Labute approximate surface area is 118 Å². The SMILES string of the molecule is CC(=O)c1cnc(N[C@H]2O[C@H](CO)[C@@H](O)[C@H](O)[C@@H]2O)s1. The summed E-state index contributed by atoms with van der Waals surface area (Å²) in [7, 11) is 0. The van der Waals surface area contributed by atoms with Crippen LogP contribution in [0.5, 0.6) is 0 Å². The lowest BCUT2D eigenvalue weighted by Gasteiger charge is -2.40. The third kappa shape index (κ3) is 2.97.